The van der Waals surface area contributed by atoms with Crippen LogP contribution in [0.2, 0.25) is 0 Å². The summed E-state index contributed by atoms with van der Waals surface area (Å²) in [5, 5.41) is 9.47. The van der Waals surface area contributed by atoms with Crippen LogP contribution in [0.4, 0.5) is 5.69 Å². The Morgan fingerprint density at radius 1 is 1.19 bits per heavy atom. The minimum atomic E-state index is 0.304. The molecule has 0 bridgehead atoms. The molecule has 2 aromatic rings. The largest absolute Gasteiger partial charge is 0.364 e. The molecular weight excluding hydrogens is 258 g/mol. The summed E-state index contributed by atoms with van der Waals surface area (Å²) in [4.78, 5) is 6.66. The van der Waals surface area contributed by atoms with Crippen LogP contribution in [0.5, 0.6) is 0 Å². The number of hydrogen-bond acceptors (Lipinski definition) is 3. The highest BCUT2D eigenvalue weighted by molar-refractivity contribution is 5.62. The molecule has 0 fully saturated rings. The minimum Gasteiger partial charge on any atom is -0.364 e. The molecule has 1 aromatic carbocycles. The molecule has 0 aliphatic carbocycles. The van der Waals surface area contributed by atoms with Gasteiger partial charge in [-0.3, -0.25) is 4.98 Å². The molecule has 2 rings (SSSR count). The number of hydrogen-bond donors (Lipinski definition) is 0. The van der Waals surface area contributed by atoms with Crippen molar-refractivity contribution in [1.82, 2.24) is 4.98 Å². The SMILES string of the molecule is Cc1cc(N(Cc2ccccc2)C(C)C)c(C#N)c(C)n1. The van der Waals surface area contributed by atoms with Gasteiger partial charge >= 0.3 is 0 Å². The fourth-order valence-electron chi connectivity index (χ4n) is 2.50. The molecule has 21 heavy (non-hydrogen) atoms. The minimum absolute atomic E-state index is 0.304. The molecule has 0 spiro atoms. The van der Waals surface area contributed by atoms with E-state index >= 15 is 0 Å². The van der Waals surface area contributed by atoms with Crippen molar-refractivity contribution in [1.29, 1.82) is 5.26 Å². The van der Waals surface area contributed by atoms with Crippen LogP contribution < -0.4 is 4.90 Å². The number of benzene rings is 1. The Hall–Kier alpha value is -2.34. The highest BCUT2D eigenvalue weighted by atomic mass is 15.2. The molecule has 0 unspecified atom stereocenters. The molecule has 0 amide bonds. The zero-order valence-electron chi connectivity index (χ0n) is 13.1. The topological polar surface area (TPSA) is 39.9 Å². The van der Waals surface area contributed by atoms with Crippen LogP contribution in [-0.2, 0) is 6.54 Å². The zero-order chi connectivity index (χ0) is 15.4. The van der Waals surface area contributed by atoms with Gasteiger partial charge in [0, 0.05) is 18.3 Å². The van der Waals surface area contributed by atoms with Gasteiger partial charge in [-0.25, -0.2) is 0 Å². The predicted octanol–water partition coefficient (Wildman–Crippen LogP) is 3.99. The van der Waals surface area contributed by atoms with Crippen molar-refractivity contribution < 1.29 is 0 Å². The Bertz CT molecular complexity index is 654. The summed E-state index contributed by atoms with van der Waals surface area (Å²) < 4.78 is 0. The van der Waals surface area contributed by atoms with Crippen LogP contribution >= 0.6 is 0 Å². The van der Waals surface area contributed by atoms with E-state index < -0.39 is 0 Å². The van der Waals surface area contributed by atoms with Crippen LogP contribution in [0.3, 0.4) is 0 Å². The van der Waals surface area contributed by atoms with E-state index in [1.807, 2.05) is 38.1 Å². The quantitative estimate of drug-likeness (QED) is 0.849. The Balaban J connectivity index is 2.46. The molecule has 108 valence electrons. The Labute approximate surface area is 126 Å². The van der Waals surface area contributed by atoms with Gasteiger partial charge in [0.15, 0.2) is 0 Å². The molecule has 3 heteroatoms. The third-order valence-electron chi connectivity index (χ3n) is 3.55. The van der Waals surface area contributed by atoms with E-state index in [4.69, 9.17) is 0 Å². The van der Waals surface area contributed by atoms with Crippen LogP contribution in [0, 0.1) is 25.2 Å². The van der Waals surface area contributed by atoms with Crippen LogP contribution in [0.25, 0.3) is 0 Å². The second kappa shape index (κ2) is 6.41. The van der Waals surface area contributed by atoms with Gasteiger partial charge in [0.1, 0.15) is 6.07 Å². The second-order valence-corrected chi connectivity index (χ2v) is 5.56. The van der Waals surface area contributed by atoms with E-state index in [1.54, 1.807) is 0 Å². The third kappa shape index (κ3) is 3.41. The monoisotopic (exact) mass is 279 g/mol. The number of anilines is 1. The van der Waals surface area contributed by atoms with Gasteiger partial charge in [0.05, 0.1) is 16.9 Å². The first kappa shape index (κ1) is 15.1. The van der Waals surface area contributed by atoms with E-state index in [2.05, 4.69) is 41.9 Å². The fraction of sp³-hybridized carbons (Fsp3) is 0.333. The molecular formula is C18H21N3. The first-order valence-electron chi connectivity index (χ1n) is 7.22. The van der Waals surface area contributed by atoms with Crippen LogP contribution in [-0.4, -0.2) is 11.0 Å². The molecule has 0 saturated carbocycles. The summed E-state index contributed by atoms with van der Waals surface area (Å²) in [6.45, 7) is 8.95. The zero-order valence-corrected chi connectivity index (χ0v) is 13.1. The summed E-state index contributed by atoms with van der Waals surface area (Å²) >= 11 is 0. The summed E-state index contributed by atoms with van der Waals surface area (Å²) in [5.74, 6) is 0. The third-order valence-corrected chi connectivity index (χ3v) is 3.55. The van der Waals surface area contributed by atoms with Crippen molar-refractivity contribution in [3.63, 3.8) is 0 Å². The second-order valence-electron chi connectivity index (χ2n) is 5.56. The van der Waals surface area contributed by atoms with E-state index in [0.717, 1.165) is 23.6 Å². The normalized spacial score (nSPS) is 10.5. The molecule has 0 N–H and O–H groups in total. The first-order valence-corrected chi connectivity index (χ1v) is 7.22. The van der Waals surface area contributed by atoms with E-state index in [1.165, 1.54) is 5.56 Å². The summed E-state index contributed by atoms with van der Waals surface area (Å²) in [6.07, 6.45) is 0. The Morgan fingerprint density at radius 2 is 1.86 bits per heavy atom. The van der Waals surface area contributed by atoms with Crippen LogP contribution in [0.1, 0.15) is 36.4 Å². The predicted molar refractivity (Wildman–Crippen MR) is 86.2 cm³/mol. The number of pyridine rings is 1. The smallest absolute Gasteiger partial charge is 0.103 e. The maximum atomic E-state index is 9.47. The number of aryl methyl sites for hydroxylation is 2. The van der Waals surface area contributed by atoms with E-state index in [-0.39, 0.29) is 0 Å². The molecule has 0 aliphatic heterocycles. The Kier molecular flexibility index (Phi) is 4.59. The van der Waals surface area contributed by atoms with Crippen LogP contribution in [0.15, 0.2) is 36.4 Å². The summed E-state index contributed by atoms with van der Waals surface area (Å²) in [5.41, 5.74) is 4.63. The highest BCUT2D eigenvalue weighted by Gasteiger charge is 2.17. The average Bonchev–Trinajstić information content (AvgIpc) is 2.45. The highest BCUT2D eigenvalue weighted by Crippen LogP contribution is 2.26. The molecule has 0 atom stereocenters. The summed E-state index contributed by atoms with van der Waals surface area (Å²) in [6, 6.07) is 15.0. The lowest BCUT2D eigenvalue weighted by Crippen LogP contribution is -2.31. The molecule has 3 nitrogen and oxygen atoms in total. The maximum absolute atomic E-state index is 9.47. The van der Waals surface area contributed by atoms with Gasteiger partial charge in [0.25, 0.3) is 0 Å². The fourth-order valence-corrected chi connectivity index (χ4v) is 2.50. The van der Waals surface area contributed by atoms with Gasteiger partial charge in [-0.2, -0.15) is 5.26 Å². The number of nitriles is 1. The lowest BCUT2D eigenvalue weighted by molar-refractivity contribution is 0.680. The average molecular weight is 279 g/mol. The van der Waals surface area contributed by atoms with Gasteiger partial charge < -0.3 is 4.90 Å². The molecule has 0 saturated heterocycles. The molecule has 0 aliphatic rings. The van der Waals surface area contributed by atoms with Crippen molar-refractivity contribution in [2.24, 2.45) is 0 Å². The molecule has 1 heterocycles. The van der Waals surface area contributed by atoms with Crippen molar-refractivity contribution >= 4 is 5.69 Å². The van der Waals surface area contributed by atoms with Gasteiger partial charge in [-0.15, -0.1) is 0 Å². The maximum Gasteiger partial charge on any atom is 0.103 e. The number of aromatic nitrogens is 1. The van der Waals surface area contributed by atoms with Gasteiger partial charge in [-0.05, 0) is 39.3 Å². The molecule has 0 radical (unpaired) electrons. The number of nitrogens with zero attached hydrogens (tertiary/aromatic N) is 3. The molecule has 1 aromatic heterocycles. The lowest BCUT2D eigenvalue weighted by atomic mass is 10.1. The van der Waals surface area contributed by atoms with Crippen molar-refractivity contribution in [3.8, 4) is 6.07 Å². The van der Waals surface area contributed by atoms with Gasteiger partial charge in [-0.1, -0.05) is 30.3 Å². The van der Waals surface area contributed by atoms with E-state index in [9.17, 15) is 5.26 Å². The number of rotatable bonds is 4. The first-order chi connectivity index (χ1) is 10.0. The Morgan fingerprint density at radius 3 is 2.43 bits per heavy atom. The van der Waals surface area contributed by atoms with Gasteiger partial charge in [0.2, 0.25) is 0 Å². The van der Waals surface area contributed by atoms with E-state index in [0.29, 0.717) is 11.6 Å². The lowest BCUT2D eigenvalue weighted by Gasteiger charge is -2.30. The van der Waals surface area contributed by atoms with Crippen molar-refractivity contribution in [3.05, 3.63) is 58.9 Å². The van der Waals surface area contributed by atoms with Crippen molar-refractivity contribution in [2.75, 3.05) is 4.90 Å². The standard InChI is InChI=1S/C18H21N3/c1-13(2)21(12-16-8-6-5-7-9-16)18-10-14(3)20-15(4)17(18)11-19/h5-10,13H,12H2,1-4H3. The van der Waals surface area contributed by atoms with Crippen molar-refractivity contribution in [2.45, 2.75) is 40.3 Å². The summed E-state index contributed by atoms with van der Waals surface area (Å²) in [7, 11) is 0.